The fourth-order valence-corrected chi connectivity index (χ4v) is 4.24. The number of nitrogens with one attached hydrogen (secondary N) is 2. The highest BCUT2D eigenvalue weighted by atomic mass is 16.7. The lowest BCUT2D eigenvalue weighted by Gasteiger charge is -2.28. The zero-order valence-corrected chi connectivity index (χ0v) is 18.1. The molecule has 0 spiro atoms. The Labute approximate surface area is 193 Å². The smallest absolute Gasteiger partial charge is 0.321 e. The maximum Gasteiger partial charge on any atom is 0.321 e. The van der Waals surface area contributed by atoms with Gasteiger partial charge in [-0.25, -0.2) is 4.79 Å². The fourth-order valence-electron chi connectivity index (χ4n) is 4.24. The number of hydrogen-bond acceptors (Lipinski definition) is 7. The molecule has 1 atom stereocenters. The molecule has 2 N–H and O–H groups in total. The maximum absolute atomic E-state index is 13.2. The number of piperidine rings is 1. The van der Waals surface area contributed by atoms with Crippen molar-refractivity contribution in [1.29, 1.82) is 0 Å². The number of nitrogens with zero attached hydrogens (tertiary/aromatic N) is 2. The van der Waals surface area contributed by atoms with E-state index in [2.05, 4.69) is 10.6 Å². The van der Waals surface area contributed by atoms with Crippen molar-refractivity contribution in [3.05, 3.63) is 53.1 Å². The predicted octanol–water partition coefficient (Wildman–Crippen LogP) is 1.48. The fraction of sp³-hybridized carbons (Fsp3) is 0.261. The van der Waals surface area contributed by atoms with E-state index in [1.54, 1.807) is 37.4 Å². The number of fused-ring (bicyclic) bond motifs is 2. The number of carbonyl (C=O) groups excluding carboxylic acids is 5. The van der Waals surface area contributed by atoms with Crippen LogP contribution < -0.4 is 20.1 Å². The van der Waals surface area contributed by atoms with Crippen molar-refractivity contribution in [2.75, 3.05) is 19.2 Å². The standard InChI is InChI=1S/C23H20N4O7/c1-26(23(32)24-13-5-7-16-17(9-13)34-11-33-16)10-12-3-2-4-14-19(12)22(31)27(21(14)30)15-6-8-18(28)25-20(15)29/h2-5,7,9,15H,6,8,10-11H2,1H3,(H,24,32)(H,25,28,29). The summed E-state index contributed by atoms with van der Waals surface area (Å²) in [6, 6.07) is 8.32. The Bertz CT molecular complexity index is 1260. The van der Waals surface area contributed by atoms with Crippen LogP contribution in [-0.2, 0) is 16.1 Å². The van der Waals surface area contributed by atoms with Crippen LogP contribution in [0.4, 0.5) is 10.5 Å². The van der Waals surface area contributed by atoms with E-state index in [9.17, 15) is 24.0 Å². The van der Waals surface area contributed by atoms with Gasteiger partial charge >= 0.3 is 6.03 Å². The molecule has 0 bridgehead atoms. The zero-order chi connectivity index (χ0) is 24.0. The second-order valence-corrected chi connectivity index (χ2v) is 8.14. The SMILES string of the molecule is CN(Cc1cccc2c1C(=O)N(C1CCC(=O)NC1=O)C2=O)C(=O)Nc1ccc2c(c1)OCO2. The lowest BCUT2D eigenvalue weighted by Crippen LogP contribution is -2.54. The third-order valence-corrected chi connectivity index (χ3v) is 5.93. The van der Waals surface area contributed by atoms with Gasteiger partial charge in [0.05, 0.1) is 11.1 Å². The van der Waals surface area contributed by atoms with Crippen LogP contribution in [-0.4, -0.2) is 59.3 Å². The molecule has 1 unspecified atom stereocenters. The van der Waals surface area contributed by atoms with Gasteiger partial charge in [-0.2, -0.15) is 0 Å². The van der Waals surface area contributed by atoms with Crippen LogP contribution in [0.5, 0.6) is 11.5 Å². The van der Waals surface area contributed by atoms with Crippen molar-refractivity contribution in [2.45, 2.75) is 25.4 Å². The van der Waals surface area contributed by atoms with Crippen molar-refractivity contribution in [3.63, 3.8) is 0 Å². The van der Waals surface area contributed by atoms with E-state index in [4.69, 9.17) is 9.47 Å². The Kier molecular flexibility index (Phi) is 5.16. The summed E-state index contributed by atoms with van der Waals surface area (Å²) in [6.45, 7) is 0.163. The second kappa shape index (κ2) is 8.18. The predicted molar refractivity (Wildman–Crippen MR) is 116 cm³/mol. The molecular formula is C23H20N4O7. The minimum atomic E-state index is -1.05. The molecule has 0 aromatic heterocycles. The first-order valence-corrected chi connectivity index (χ1v) is 10.6. The zero-order valence-electron chi connectivity index (χ0n) is 18.1. The van der Waals surface area contributed by atoms with E-state index >= 15 is 0 Å². The number of anilines is 1. The van der Waals surface area contributed by atoms with Gasteiger partial charge in [-0.15, -0.1) is 0 Å². The van der Waals surface area contributed by atoms with Crippen LogP contribution in [0, 0.1) is 0 Å². The average molecular weight is 464 g/mol. The van der Waals surface area contributed by atoms with Crippen LogP contribution in [0.3, 0.4) is 0 Å². The first kappa shape index (κ1) is 21.4. The molecule has 11 heteroatoms. The summed E-state index contributed by atoms with van der Waals surface area (Å²) >= 11 is 0. The first-order chi connectivity index (χ1) is 16.3. The number of rotatable bonds is 4. The molecule has 2 aromatic carbocycles. The van der Waals surface area contributed by atoms with E-state index in [-0.39, 0.29) is 37.3 Å². The van der Waals surface area contributed by atoms with Crippen LogP contribution in [0.25, 0.3) is 0 Å². The molecule has 11 nitrogen and oxygen atoms in total. The van der Waals surface area contributed by atoms with Gasteiger partial charge in [-0.1, -0.05) is 12.1 Å². The molecule has 3 aliphatic rings. The van der Waals surface area contributed by atoms with Gasteiger partial charge in [0.1, 0.15) is 6.04 Å². The van der Waals surface area contributed by atoms with Gasteiger partial charge in [0.25, 0.3) is 11.8 Å². The Morgan fingerprint density at radius 3 is 2.71 bits per heavy atom. The Hall–Kier alpha value is -4.41. The van der Waals surface area contributed by atoms with Crippen molar-refractivity contribution < 1.29 is 33.4 Å². The molecule has 34 heavy (non-hydrogen) atoms. The van der Waals surface area contributed by atoms with Crippen LogP contribution >= 0.6 is 0 Å². The normalized spacial score (nSPS) is 18.6. The summed E-state index contributed by atoms with van der Waals surface area (Å²) < 4.78 is 10.6. The third kappa shape index (κ3) is 3.60. The number of benzene rings is 2. The van der Waals surface area contributed by atoms with E-state index in [0.717, 1.165) is 4.90 Å². The van der Waals surface area contributed by atoms with E-state index in [1.165, 1.54) is 11.0 Å². The Morgan fingerprint density at radius 2 is 1.91 bits per heavy atom. The number of urea groups is 1. The van der Waals surface area contributed by atoms with Gasteiger partial charge in [0, 0.05) is 31.8 Å². The molecule has 3 aliphatic heterocycles. The van der Waals surface area contributed by atoms with Gasteiger partial charge in [-0.05, 0) is 30.2 Å². The number of carbonyl (C=O) groups is 5. The van der Waals surface area contributed by atoms with Gasteiger partial charge in [0.2, 0.25) is 18.6 Å². The highest BCUT2D eigenvalue weighted by Crippen LogP contribution is 2.34. The molecule has 0 radical (unpaired) electrons. The summed E-state index contributed by atoms with van der Waals surface area (Å²) in [5, 5.41) is 4.93. The minimum Gasteiger partial charge on any atom is -0.454 e. The lowest BCUT2D eigenvalue weighted by atomic mass is 10.0. The summed E-state index contributed by atoms with van der Waals surface area (Å²) in [5.41, 5.74) is 1.29. The van der Waals surface area contributed by atoms with Crippen molar-refractivity contribution >= 4 is 35.3 Å². The van der Waals surface area contributed by atoms with Crippen LogP contribution in [0.2, 0.25) is 0 Å². The number of amides is 6. The summed E-state index contributed by atoms with van der Waals surface area (Å²) in [6.07, 6.45) is 0.114. The molecule has 5 rings (SSSR count). The molecule has 0 aliphatic carbocycles. The highest BCUT2D eigenvalue weighted by molar-refractivity contribution is 6.24. The summed E-state index contributed by atoms with van der Waals surface area (Å²) in [5.74, 6) is -1.20. The second-order valence-electron chi connectivity index (χ2n) is 8.14. The molecule has 0 saturated carbocycles. The molecule has 6 amide bonds. The summed E-state index contributed by atoms with van der Waals surface area (Å²) in [7, 11) is 1.56. The van der Waals surface area contributed by atoms with Gasteiger partial charge in [-0.3, -0.25) is 29.4 Å². The monoisotopic (exact) mass is 464 g/mol. The molecule has 2 aromatic rings. The quantitative estimate of drug-likeness (QED) is 0.655. The van der Waals surface area contributed by atoms with Crippen molar-refractivity contribution in [3.8, 4) is 11.5 Å². The van der Waals surface area contributed by atoms with Crippen molar-refractivity contribution in [1.82, 2.24) is 15.1 Å². The molecule has 174 valence electrons. The molecule has 1 saturated heterocycles. The van der Waals surface area contributed by atoms with E-state index in [0.29, 0.717) is 22.7 Å². The maximum atomic E-state index is 13.2. The lowest BCUT2D eigenvalue weighted by molar-refractivity contribution is -0.136. The summed E-state index contributed by atoms with van der Waals surface area (Å²) in [4.78, 5) is 64.9. The van der Waals surface area contributed by atoms with E-state index < -0.39 is 35.7 Å². The Balaban J connectivity index is 1.33. The van der Waals surface area contributed by atoms with Gasteiger partial charge in [0.15, 0.2) is 11.5 Å². The van der Waals surface area contributed by atoms with E-state index in [1.807, 2.05) is 0 Å². The first-order valence-electron chi connectivity index (χ1n) is 10.6. The molecule has 3 heterocycles. The Morgan fingerprint density at radius 1 is 1.12 bits per heavy atom. The van der Waals surface area contributed by atoms with Crippen LogP contribution in [0.1, 0.15) is 39.1 Å². The largest absolute Gasteiger partial charge is 0.454 e. The average Bonchev–Trinajstić information content (AvgIpc) is 3.37. The third-order valence-electron chi connectivity index (χ3n) is 5.93. The number of imide groups is 2. The minimum absolute atomic E-state index is 0.0411. The highest BCUT2D eigenvalue weighted by Gasteiger charge is 2.45. The molecular weight excluding hydrogens is 444 g/mol. The number of hydrogen-bond donors (Lipinski definition) is 2. The van der Waals surface area contributed by atoms with Gasteiger partial charge < -0.3 is 19.7 Å². The number of ether oxygens (including phenoxy) is 2. The topological polar surface area (TPSA) is 134 Å². The van der Waals surface area contributed by atoms with Crippen LogP contribution in [0.15, 0.2) is 36.4 Å². The van der Waals surface area contributed by atoms with Crippen molar-refractivity contribution in [2.24, 2.45) is 0 Å². The molecule has 1 fully saturated rings.